The molecule has 0 aliphatic heterocycles. The molecule has 0 unspecified atom stereocenters. The summed E-state index contributed by atoms with van der Waals surface area (Å²) in [5, 5.41) is 0.508. The van der Waals surface area contributed by atoms with E-state index in [0.29, 0.717) is 15.2 Å². The van der Waals surface area contributed by atoms with Gasteiger partial charge in [0, 0.05) is 0 Å². The van der Waals surface area contributed by atoms with Crippen molar-refractivity contribution in [2.24, 2.45) is 0 Å². The second-order valence-corrected chi connectivity index (χ2v) is 4.05. The summed E-state index contributed by atoms with van der Waals surface area (Å²) in [4.78, 5) is 11.1. The first-order chi connectivity index (χ1) is 7.08. The van der Waals surface area contributed by atoms with Gasteiger partial charge in [-0.15, -0.1) is 0 Å². The van der Waals surface area contributed by atoms with Crippen molar-refractivity contribution in [3.05, 3.63) is 27.2 Å². The molecule has 82 valence electrons. The molecule has 0 saturated heterocycles. The molecule has 0 heterocycles. The van der Waals surface area contributed by atoms with Crippen LogP contribution >= 0.6 is 27.5 Å². The molecule has 0 N–H and O–H groups in total. The predicted molar refractivity (Wildman–Crippen MR) is 61.4 cm³/mol. The fourth-order valence-electron chi connectivity index (χ4n) is 1.11. The zero-order chi connectivity index (χ0) is 11.4. The third-order valence-corrected chi connectivity index (χ3v) is 3.19. The van der Waals surface area contributed by atoms with Crippen LogP contribution in [-0.2, 0) is 16.0 Å². The quantitative estimate of drug-likeness (QED) is 0.804. The topological polar surface area (TPSA) is 35.5 Å². The Hall–Kier alpha value is -0.740. The number of methoxy groups -OCH3 is 2. The van der Waals surface area contributed by atoms with Crippen molar-refractivity contribution in [3.8, 4) is 5.75 Å². The summed E-state index contributed by atoms with van der Waals surface area (Å²) in [5.74, 6) is 0.289. The Morgan fingerprint density at radius 1 is 1.47 bits per heavy atom. The summed E-state index contributed by atoms with van der Waals surface area (Å²) < 4.78 is 10.3. The van der Waals surface area contributed by atoms with Crippen LogP contribution in [0.4, 0.5) is 0 Å². The zero-order valence-electron chi connectivity index (χ0n) is 8.34. The standard InChI is InChI=1S/C10H10BrClO3/c1-14-8-4-6(5-9(13)15-2)3-7(12)10(8)11/h3-4H,5H2,1-2H3. The fourth-order valence-corrected chi connectivity index (χ4v) is 1.73. The molecule has 0 aromatic heterocycles. The normalized spacial score (nSPS) is 9.87. The maximum atomic E-state index is 11.1. The molecule has 0 radical (unpaired) electrons. The van der Waals surface area contributed by atoms with Gasteiger partial charge in [0.15, 0.2) is 0 Å². The van der Waals surface area contributed by atoms with Gasteiger partial charge in [-0.25, -0.2) is 0 Å². The number of benzene rings is 1. The maximum absolute atomic E-state index is 11.1. The largest absolute Gasteiger partial charge is 0.496 e. The van der Waals surface area contributed by atoms with Gasteiger partial charge in [0.1, 0.15) is 5.75 Å². The summed E-state index contributed by atoms with van der Waals surface area (Å²) in [6.45, 7) is 0. The lowest BCUT2D eigenvalue weighted by Crippen LogP contribution is -2.04. The lowest BCUT2D eigenvalue weighted by atomic mass is 10.1. The molecule has 1 rings (SSSR count). The molecule has 0 atom stereocenters. The van der Waals surface area contributed by atoms with Gasteiger partial charge in [-0.05, 0) is 33.6 Å². The number of carbonyl (C=O) groups excluding carboxylic acids is 1. The van der Waals surface area contributed by atoms with E-state index in [9.17, 15) is 4.79 Å². The summed E-state index contributed by atoms with van der Waals surface area (Å²) in [7, 11) is 2.89. The van der Waals surface area contributed by atoms with Crippen LogP contribution < -0.4 is 4.74 Å². The van der Waals surface area contributed by atoms with E-state index in [-0.39, 0.29) is 12.4 Å². The van der Waals surface area contributed by atoms with E-state index in [1.165, 1.54) is 7.11 Å². The fraction of sp³-hybridized carbons (Fsp3) is 0.300. The van der Waals surface area contributed by atoms with Crippen molar-refractivity contribution in [2.75, 3.05) is 14.2 Å². The van der Waals surface area contributed by atoms with Gasteiger partial charge in [-0.3, -0.25) is 4.79 Å². The Morgan fingerprint density at radius 3 is 2.67 bits per heavy atom. The van der Waals surface area contributed by atoms with Crippen molar-refractivity contribution in [1.29, 1.82) is 0 Å². The van der Waals surface area contributed by atoms with E-state index >= 15 is 0 Å². The minimum atomic E-state index is -0.310. The first kappa shape index (κ1) is 12.3. The van der Waals surface area contributed by atoms with Crippen LogP contribution in [0.5, 0.6) is 5.75 Å². The molecule has 0 saturated carbocycles. The van der Waals surface area contributed by atoms with Crippen LogP contribution in [0.25, 0.3) is 0 Å². The van der Waals surface area contributed by atoms with E-state index in [1.54, 1.807) is 19.2 Å². The van der Waals surface area contributed by atoms with Crippen molar-refractivity contribution in [2.45, 2.75) is 6.42 Å². The molecule has 0 amide bonds. The second kappa shape index (κ2) is 5.37. The van der Waals surface area contributed by atoms with Gasteiger partial charge in [0.05, 0.1) is 30.1 Å². The molecule has 1 aromatic carbocycles. The van der Waals surface area contributed by atoms with E-state index in [1.807, 2.05) is 0 Å². The highest BCUT2D eigenvalue weighted by Gasteiger charge is 2.10. The van der Waals surface area contributed by atoms with Crippen LogP contribution in [0.15, 0.2) is 16.6 Å². The number of hydrogen-bond acceptors (Lipinski definition) is 3. The van der Waals surface area contributed by atoms with E-state index in [4.69, 9.17) is 16.3 Å². The molecule has 1 aromatic rings. The molecule has 0 aliphatic carbocycles. The summed E-state index contributed by atoms with van der Waals surface area (Å²) in [5.41, 5.74) is 0.756. The summed E-state index contributed by atoms with van der Waals surface area (Å²) in [6, 6.07) is 3.44. The van der Waals surface area contributed by atoms with Gasteiger partial charge >= 0.3 is 5.97 Å². The van der Waals surface area contributed by atoms with E-state index < -0.39 is 0 Å². The third-order valence-electron chi connectivity index (χ3n) is 1.85. The maximum Gasteiger partial charge on any atom is 0.309 e. The molecule has 0 fully saturated rings. The highest BCUT2D eigenvalue weighted by Crippen LogP contribution is 2.33. The molecule has 0 spiro atoms. The van der Waals surface area contributed by atoms with Crippen molar-refractivity contribution >= 4 is 33.5 Å². The van der Waals surface area contributed by atoms with Crippen molar-refractivity contribution < 1.29 is 14.3 Å². The molecule has 0 bridgehead atoms. The van der Waals surface area contributed by atoms with Gasteiger partial charge in [0.25, 0.3) is 0 Å². The van der Waals surface area contributed by atoms with Gasteiger partial charge in [0.2, 0.25) is 0 Å². The minimum absolute atomic E-state index is 0.180. The van der Waals surface area contributed by atoms with Gasteiger partial charge in [-0.1, -0.05) is 11.6 Å². The van der Waals surface area contributed by atoms with Crippen molar-refractivity contribution in [1.82, 2.24) is 0 Å². The predicted octanol–water partition coefficient (Wildman–Crippen LogP) is 2.83. The lowest BCUT2D eigenvalue weighted by Gasteiger charge is -2.08. The smallest absolute Gasteiger partial charge is 0.309 e. The second-order valence-electron chi connectivity index (χ2n) is 2.85. The average molecular weight is 294 g/mol. The molecule has 3 nitrogen and oxygen atoms in total. The minimum Gasteiger partial charge on any atom is -0.496 e. The van der Waals surface area contributed by atoms with E-state index in [2.05, 4.69) is 20.7 Å². The summed E-state index contributed by atoms with van der Waals surface area (Å²) >= 11 is 9.23. The Bertz CT molecular complexity index is 379. The SMILES string of the molecule is COC(=O)Cc1cc(Cl)c(Br)c(OC)c1. The van der Waals surface area contributed by atoms with Crippen LogP contribution in [0.3, 0.4) is 0 Å². The number of esters is 1. The first-order valence-electron chi connectivity index (χ1n) is 4.17. The van der Waals surface area contributed by atoms with Crippen LogP contribution in [0, 0.1) is 0 Å². The Morgan fingerprint density at radius 2 is 2.13 bits per heavy atom. The van der Waals surface area contributed by atoms with Crippen LogP contribution in [0.1, 0.15) is 5.56 Å². The zero-order valence-corrected chi connectivity index (χ0v) is 10.7. The lowest BCUT2D eigenvalue weighted by molar-refractivity contribution is -0.139. The van der Waals surface area contributed by atoms with Gasteiger partial charge in [-0.2, -0.15) is 0 Å². The van der Waals surface area contributed by atoms with E-state index in [0.717, 1.165) is 5.56 Å². The number of ether oxygens (including phenoxy) is 2. The van der Waals surface area contributed by atoms with Crippen LogP contribution in [0.2, 0.25) is 5.02 Å². The summed E-state index contributed by atoms with van der Waals surface area (Å²) in [6.07, 6.45) is 0.180. The highest BCUT2D eigenvalue weighted by molar-refractivity contribution is 9.10. The van der Waals surface area contributed by atoms with Gasteiger partial charge < -0.3 is 9.47 Å². The molecule has 15 heavy (non-hydrogen) atoms. The average Bonchev–Trinajstić information content (AvgIpc) is 2.22. The molecular weight excluding hydrogens is 283 g/mol. The Kier molecular flexibility index (Phi) is 4.42. The van der Waals surface area contributed by atoms with Crippen LogP contribution in [-0.4, -0.2) is 20.2 Å². The number of carbonyl (C=O) groups is 1. The van der Waals surface area contributed by atoms with Crippen molar-refractivity contribution in [3.63, 3.8) is 0 Å². The highest BCUT2D eigenvalue weighted by atomic mass is 79.9. The Balaban J connectivity index is 3.00. The third kappa shape index (κ3) is 3.11. The number of hydrogen-bond donors (Lipinski definition) is 0. The molecular formula is C10H10BrClO3. The first-order valence-corrected chi connectivity index (χ1v) is 5.34. The monoisotopic (exact) mass is 292 g/mol. The number of halogens is 2. The Labute approximate surface area is 101 Å². The molecule has 5 heteroatoms. The number of rotatable bonds is 3. The molecule has 0 aliphatic rings.